The Labute approximate surface area is 169 Å². The van der Waals surface area contributed by atoms with Crippen molar-refractivity contribution in [3.8, 4) is 0 Å². The molecular formula is C18H30N4O7. The molecule has 0 aromatic carbocycles. The first kappa shape index (κ1) is 24.3. The van der Waals surface area contributed by atoms with Gasteiger partial charge in [-0.25, -0.2) is 4.79 Å². The summed E-state index contributed by atoms with van der Waals surface area (Å²) in [5.74, 6) is -4.39. The maximum absolute atomic E-state index is 12.6. The Bertz CT molecular complexity index is 632. The van der Waals surface area contributed by atoms with Crippen LogP contribution in [-0.2, 0) is 24.0 Å². The van der Waals surface area contributed by atoms with E-state index in [0.29, 0.717) is 6.42 Å². The van der Waals surface area contributed by atoms with Gasteiger partial charge < -0.3 is 31.5 Å². The van der Waals surface area contributed by atoms with Gasteiger partial charge in [-0.15, -0.1) is 0 Å². The number of hydrogen-bond acceptors (Lipinski definition) is 6. The fourth-order valence-electron chi connectivity index (χ4n) is 2.89. The van der Waals surface area contributed by atoms with Gasteiger partial charge in [0.1, 0.15) is 18.1 Å². The third-order valence-electron chi connectivity index (χ3n) is 4.64. The lowest BCUT2D eigenvalue weighted by molar-refractivity contribution is -0.143. The zero-order chi connectivity index (χ0) is 22.1. The van der Waals surface area contributed by atoms with Gasteiger partial charge in [0.2, 0.25) is 17.7 Å². The second kappa shape index (κ2) is 11.3. The highest BCUT2D eigenvalue weighted by Gasteiger charge is 2.31. The number of carbonyl (C=O) groups excluding carboxylic acids is 3. The molecule has 11 heteroatoms. The molecule has 6 N–H and O–H groups in total. The molecular weight excluding hydrogens is 384 g/mol. The Morgan fingerprint density at radius 2 is 1.66 bits per heavy atom. The topological polar surface area (TPSA) is 174 Å². The van der Waals surface area contributed by atoms with Crippen molar-refractivity contribution in [3.63, 3.8) is 0 Å². The molecule has 0 spiro atoms. The molecule has 0 aromatic rings. The predicted molar refractivity (Wildman–Crippen MR) is 102 cm³/mol. The van der Waals surface area contributed by atoms with Crippen molar-refractivity contribution in [1.82, 2.24) is 21.3 Å². The monoisotopic (exact) mass is 414 g/mol. The van der Waals surface area contributed by atoms with E-state index >= 15 is 0 Å². The molecule has 29 heavy (non-hydrogen) atoms. The summed E-state index contributed by atoms with van der Waals surface area (Å²) in [6, 6.07) is -3.67. The van der Waals surface area contributed by atoms with Gasteiger partial charge in [0.05, 0.1) is 6.04 Å². The van der Waals surface area contributed by atoms with Crippen molar-refractivity contribution >= 4 is 29.7 Å². The summed E-state index contributed by atoms with van der Waals surface area (Å²) in [6.45, 7) is 5.62. The van der Waals surface area contributed by atoms with Crippen molar-refractivity contribution in [3.05, 3.63) is 0 Å². The zero-order valence-electron chi connectivity index (χ0n) is 16.9. The Balaban J connectivity index is 2.65. The number of rotatable bonds is 11. The second-order valence-electron chi connectivity index (χ2n) is 7.44. The number of amides is 3. The molecule has 0 radical (unpaired) electrons. The molecule has 0 aromatic heterocycles. The third-order valence-corrected chi connectivity index (χ3v) is 4.64. The lowest BCUT2D eigenvalue weighted by Crippen LogP contribution is -2.57. The van der Waals surface area contributed by atoms with Gasteiger partial charge in [0.25, 0.3) is 0 Å². The Hall–Kier alpha value is -2.69. The van der Waals surface area contributed by atoms with E-state index in [1.165, 1.54) is 6.92 Å². The van der Waals surface area contributed by atoms with Gasteiger partial charge in [-0.1, -0.05) is 13.8 Å². The summed E-state index contributed by atoms with van der Waals surface area (Å²) in [7, 11) is 0. The smallest absolute Gasteiger partial charge is 0.326 e. The van der Waals surface area contributed by atoms with Gasteiger partial charge in [-0.05, 0) is 38.6 Å². The van der Waals surface area contributed by atoms with Crippen molar-refractivity contribution in [2.75, 3.05) is 6.54 Å². The van der Waals surface area contributed by atoms with Crippen LogP contribution in [0.5, 0.6) is 0 Å². The first-order valence-corrected chi connectivity index (χ1v) is 9.62. The minimum atomic E-state index is -1.38. The zero-order valence-corrected chi connectivity index (χ0v) is 16.9. The molecule has 1 heterocycles. The molecule has 0 unspecified atom stereocenters. The standard InChI is InChI=1S/C18H30N4O7/c1-9(2)14(22-16(26)11-5-4-8-19-11)17(27)20-10(3)15(25)21-12(18(28)29)6-7-13(23)24/h9-12,14,19H,4-8H2,1-3H3,(H,20,27)(H,21,25)(H,22,26)(H,23,24)(H,28,29)/t10-,11-,12-,14-/m0/s1. The van der Waals surface area contributed by atoms with Gasteiger partial charge in [0.15, 0.2) is 0 Å². The van der Waals surface area contributed by atoms with Gasteiger partial charge >= 0.3 is 11.9 Å². The van der Waals surface area contributed by atoms with Crippen LogP contribution >= 0.6 is 0 Å². The van der Waals surface area contributed by atoms with E-state index in [1.54, 1.807) is 13.8 Å². The molecule has 4 atom stereocenters. The minimum absolute atomic E-state index is 0.238. The molecule has 0 aliphatic carbocycles. The quantitative estimate of drug-likeness (QED) is 0.245. The van der Waals surface area contributed by atoms with E-state index < -0.39 is 48.3 Å². The molecule has 1 fully saturated rings. The van der Waals surface area contributed by atoms with Crippen LogP contribution in [-0.4, -0.2) is 70.6 Å². The number of carboxylic acid groups (broad SMARTS) is 2. The van der Waals surface area contributed by atoms with Crippen LogP contribution < -0.4 is 21.3 Å². The lowest BCUT2D eigenvalue weighted by atomic mass is 10.0. The molecule has 0 saturated carbocycles. The van der Waals surface area contributed by atoms with E-state index in [1.807, 2.05) is 0 Å². The summed E-state index contributed by atoms with van der Waals surface area (Å²) in [6.07, 6.45) is 0.856. The van der Waals surface area contributed by atoms with E-state index in [-0.39, 0.29) is 24.3 Å². The van der Waals surface area contributed by atoms with E-state index in [2.05, 4.69) is 21.3 Å². The molecule has 0 bridgehead atoms. The van der Waals surface area contributed by atoms with Gasteiger partial charge in [0, 0.05) is 6.42 Å². The largest absolute Gasteiger partial charge is 0.481 e. The lowest BCUT2D eigenvalue weighted by Gasteiger charge is -2.25. The number of carbonyl (C=O) groups is 5. The average Bonchev–Trinajstić information content (AvgIpc) is 3.16. The van der Waals surface area contributed by atoms with Crippen LogP contribution in [0, 0.1) is 5.92 Å². The van der Waals surface area contributed by atoms with Crippen LogP contribution in [0.3, 0.4) is 0 Å². The average molecular weight is 414 g/mol. The summed E-state index contributed by atoms with van der Waals surface area (Å²) in [5, 5.41) is 28.2. The van der Waals surface area contributed by atoms with Crippen LogP contribution in [0.4, 0.5) is 0 Å². The van der Waals surface area contributed by atoms with Gasteiger partial charge in [-0.3, -0.25) is 19.2 Å². The molecule has 1 saturated heterocycles. The molecule has 1 aliphatic rings. The molecule has 164 valence electrons. The summed E-state index contributed by atoms with van der Waals surface area (Å²) in [4.78, 5) is 58.9. The fraction of sp³-hybridized carbons (Fsp3) is 0.722. The molecule has 11 nitrogen and oxygen atoms in total. The molecule has 1 aliphatic heterocycles. The predicted octanol–water partition coefficient (Wildman–Crippen LogP) is -1.18. The van der Waals surface area contributed by atoms with Crippen molar-refractivity contribution in [1.29, 1.82) is 0 Å². The SMILES string of the molecule is CC(C)[C@H](NC(=O)[C@@H]1CCCN1)C(=O)N[C@@H](C)C(=O)N[C@@H](CCC(=O)O)C(=O)O. The molecule has 1 rings (SSSR count). The number of nitrogens with one attached hydrogen (secondary N) is 4. The third kappa shape index (κ3) is 8.06. The first-order valence-electron chi connectivity index (χ1n) is 9.62. The van der Waals surface area contributed by atoms with Crippen molar-refractivity contribution in [2.24, 2.45) is 5.92 Å². The first-order chi connectivity index (χ1) is 13.5. The van der Waals surface area contributed by atoms with E-state index in [0.717, 1.165) is 13.0 Å². The number of carboxylic acids is 2. The van der Waals surface area contributed by atoms with Crippen LogP contribution in [0.15, 0.2) is 0 Å². The van der Waals surface area contributed by atoms with Crippen LogP contribution in [0.1, 0.15) is 46.5 Å². The van der Waals surface area contributed by atoms with Gasteiger partial charge in [-0.2, -0.15) is 0 Å². The molecule has 3 amide bonds. The van der Waals surface area contributed by atoms with E-state index in [4.69, 9.17) is 10.2 Å². The van der Waals surface area contributed by atoms with Crippen LogP contribution in [0.2, 0.25) is 0 Å². The Morgan fingerprint density at radius 3 is 2.14 bits per heavy atom. The van der Waals surface area contributed by atoms with Crippen molar-refractivity contribution < 1.29 is 34.2 Å². The minimum Gasteiger partial charge on any atom is -0.481 e. The van der Waals surface area contributed by atoms with E-state index in [9.17, 15) is 24.0 Å². The summed E-state index contributed by atoms with van der Waals surface area (Å²) in [5.41, 5.74) is 0. The highest BCUT2D eigenvalue weighted by atomic mass is 16.4. The van der Waals surface area contributed by atoms with Crippen LogP contribution in [0.25, 0.3) is 0 Å². The fourth-order valence-corrected chi connectivity index (χ4v) is 2.89. The van der Waals surface area contributed by atoms with Crippen molar-refractivity contribution in [2.45, 2.75) is 70.6 Å². The highest BCUT2D eigenvalue weighted by molar-refractivity contribution is 5.94. The number of hydrogen-bond donors (Lipinski definition) is 6. The maximum Gasteiger partial charge on any atom is 0.326 e. The Kier molecular flexibility index (Phi) is 9.53. The Morgan fingerprint density at radius 1 is 1.00 bits per heavy atom. The number of aliphatic carboxylic acids is 2. The second-order valence-corrected chi connectivity index (χ2v) is 7.44. The normalized spacial score (nSPS) is 19.1. The summed E-state index contributed by atoms with van der Waals surface area (Å²) < 4.78 is 0. The highest BCUT2D eigenvalue weighted by Crippen LogP contribution is 2.08. The maximum atomic E-state index is 12.6. The summed E-state index contributed by atoms with van der Waals surface area (Å²) >= 11 is 0.